The van der Waals surface area contributed by atoms with Gasteiger partial charge in [-0.15, -0.1) is 10.2 Å². The Balaban J connectivity index is 1.56. The molecule has 26 heavy (non-hydrogen) atoms. The number of carbonyl (C=O) groups is 1. The van der Waals surface area contributed by atoms with Crippen molar-refractivity contribution in [3.63, 3.8) is 0 Å². The van der Waals surface area contributed by atoms with Crippen LogP contribution in [-0.2, 0) is 4.79 Å². The zero-order chi connectivity index (χ0) is 18.5. The molecule has 0 saturated carbocycles. The highest BCUT2D eigenvalue weighted by Crippen LogP contribution is 2.21. The number of aromatic nitrogens is 2. The number of carbonyl (C=O) groups excluding carboxylic acids is 1. The van der Waals surface area contributed by atoms with E-state index in [2.05, 4.69) is 15.5 Å². The van der Waals surface area contributed by atoms with Gasteiger partial charge in [0.1, 0.15) is 10.8 Å². The van der Waals surface area contributed by atoms with Crippen molar-refractivity contribution in [2.75, 3.05) is 11.1 Å². The number of thioether (sulfide) groups is 1. The minimum absolute atomic E-state index is 0.0151. The number of aryl methyl sites for hydroxylation is 1. The van der Waals surface area contributed by atoms with Crippen molar-refractivity contribution in [2.45, 2.75) is 11.9 Å². The molecule has 0 spiro atoms. The van der Waals surface area contributed by atoms with Crippen LogP contribution in [0.3, 0.4) is 0 Å². The summed E-state index contributed by atoms with van der Waals surface area (Å²) in [6.45, 7) is 2.03. The zero-order valence-electron chi connectivity index (χ0n) is 13.9. The van der Waals surface area contributed by atoms with Crippen molar-refractivity contribution in [3.05, 3.63) is 71.0 Å². The maximum absolute atomic E-state index is 13.4. The van der Waals surface area contributed by atoms with Crippen LogP contribution in [0.2, 0.25) is 5.02 Å². The van der Waals surface area contributed by atoms with Gasteiger partial charge in [-0.2, -0.15) is 0 Å². The standard InChI is InChI=1S/C19H15ClFN3OS/c1-12-2-4-13(5-3-12)17-8-9-19(24-23-17)26-11-18(25)22-14-6-7-15(20)16(21)10-14/h2-10H,11H2,1H3,(H,22,25). The van der Waals surface area contributed by atoms with E-state index in [1.54, 1.807) is 6.07 Å². The van der Waals surface area contributed by atoms with E-state index in [1.807, 2.05) is 43.3 Å². The fourth-order valence-electron chi connectivity index (χ4n) is 2.19. The molecule has 132 valence electrons. The molecular formula is C19H15ClFN3OS. The fourth-order valence-corrected chi connectivity index (χ4v) is 2.92. The molecule has 0 radical (unpaired) electrons. The maximum Gasteiger partial charge on any atom is 0.234 e. The Morgan fingerprint density at radius 1 is 1.12 bits per heavy atom. The van der Waals surface area contributed by atoms with Crippen LogP contribution in [0.25, 0.3) is 11.3 Å². The van der Waals surface area contributed by atoms with Gasteiger partial charge in [0.05, 0.1) is 16.5 Å². The molecule has 2 aromatic carbocycles. The summed E-state index contributed by atoms with van der Waals surface area (Å²) >= 11 is 6.87. The molecule has 3 aromatic rings. The van der Waals surface area contributed by atoms with Crippen molar-refractivity contribution in [2.24, 2.45) is 0 Å². The van der Waals surface area contributed by atoms with Crippen molar-refractivity contribution in [3.8, 4) is 11.3 Å². The second-order valence-electron chi connectivity index (χ2n) is 5.59. The van der Waals surface area contributed by atoms with Gasteiger partial charge in [0.2, 0.25) is 5.91 Å². The van der Waals surface area contributed by atoms with Crippen LogP contribution in [0.1, 0.15) is 5.56 Å². The van der Waals surface area contributed by atoms with Crippen molar-refractivity contribution < 1.29 is 9.18 Å². The highest BCUT2D eigenvalue weighted by molar-refractivity contribution is 7.99. The Labute approximate surface area is 159 Å². The summed E-state index contributed by atoms with van der Waals surface area (Å²) in [5.74, 6) is -0.696. The Morgan fingerprint density at radius 2 is 1.88 bits per heavy atom. The van der Waals surface area contributed by atoms with Crippen LogP contribution in [0.5, 0.6) is 0 Å². The lowest BCUT2D eigenvalue weighted by Gasteiger charge is -2.06. The molecule has 1 amide bonds. The molecule has 7 heteroatoms. The number of hydrogen-bond donors (Lipinski definition) is 1. The zero-order valence-corrected chi connectivity index (χ0v) is 15.4. The van der Waals surface area contributed by atoms with Crippen molar-refractivity contribution >= 4 is 35.0 Å². The fraction of sp³-hybridized carbons (Fsp3) is 0.105. The molecule has 1 heterocycles. The first-order valence-corrected chi connectivity index (χ1v) is 9.16. The number of hydrogen-bond acceptors (Lipinski definition) is 4. The van der Waals surface area contributed by atoms with Crippen LogP contribution in [0.4, 0.5) is 10.1 Å². The van der Waals surface area contributed by atoms with Gasteiger partial charge >= 0.3 is 0 Å². The topological polar surface area (TPSA) is 54.9 Å². The van der Waals surface area contributed by atoms with E-state index < -0.39 is 5.82 Å². The smallest absolute Gasteiger partial charge is 0.234 e. The number of halogens is 2. The summed E-state index contributed by atoms with van der Waals surface area (Å²) in [4.78, 5) is 12.0. The summed E-state index contributed by atoms with van der Waals surface area (Å²) in [6.07, 6.45) is 0. The molecule has 0 aliphatic rings. The second-order valence-corrected chi connectivity index (χ2v) is 6.99. The molecule has 1 aromatic heterocycles. The van der Waals surface area contributed by atoms with Gasteiger partial charge in [-0.05, 0) is 37.3 Å². The number of amides is 1. The summed E-state index contributed by atoms with van der Waals surface area (Å²) in [5.41, 5.74) is 3.30. The summed E-state index contributed by atoms with van der Waals surface area (Å²) in [5, 5.41) is 11.6. The Kier molecular flexibility index (Phi) is 5.85. The lowest BCUT2D eigenvalue weighted by atomic mass is 10.1. The summed E-state index contributed by atoms with van der Waals surface area (Å²) in [6, 6.07) is 15.8. The lowest BCUT2D eigenvalue weighted by molar-refractivity contribution is -0.113. The first-order valence-electron chi connectivity index (χ1n) is 7.80. The quantitative estimate of drug-likeness (QED) is 0.627. The monoisotopic (exact) mass is 387 g/mol. The Hall–Kier alpha value is -2.44. The van der Waals surface area contributed by atoms with Crippen molar-refractivity contribution in [1.82, 2.24) is 10.2 Å². The van der Waals surface area contributed by atoms with E-state index in [-0.39, 0.29) is 16.7 Å². The van der Waals surface area contributed by atoms with Gasteiger partial charge < -0.3 is 5.32 Å². The third-order valence-corrected chi connectivity index (χ3v) is 4.77. The van der Waals surface area contributed by atoms with E-state index >= 15 is 0 Å². The van der Waals surface area contributed by atoms with Crippen LogP contribution >= 0.6 is 23.4 Å². The van der Waals surface area contributed by atoms with Crippen molar-refractivity contribution in [1.29, 1.82) is 0 Å². The molecule has 0 unspecified atom stereocenters. The maximum atomic E-state index is 13.4. The van der Waals surface area contributed by atoms with Crippen LogP contribution in [0.15, 0.2) is 59.6 Å². The third-order valence-electron chi connectivity index (χ3n) is 3.54. The SMILES string of the molecule is Cc1ccc(-c2ccc(SCC(=O)Nc3ccc(Cl)c(F)c3)nn2)cc1. The molecule has 1 N–H and O–H groups in total. The minimum Gasteiger partial charge on any atom is -0.325 e. The van der Waals surface area contributed by atoms with Gasteiger partial charge in [0.15, 0.2) is 0 Å². The first-order chi connectivity index (χ1) is 12.5. The Morgan fingerprint density at radius 3 is 2.54 bits per heavy atom. The minimum atomic E-state index is -0.574. The van der Waals surface area contributed by atoms with E-state index in [9.17, 15) is 9.18 Å². The number of nitrogens with one attached hydrogen (secondary N) is 1. The van der Waals surface area contributed by atoms with Gasteiger partial charge in [-0.1, -0.05) is 53.2 Å². The van der Waals surface area contributed by atoms with Crippen LogP contribution < -0.4 is 5.32 Å². The van der Waals surface area contributed by atoms with Gasteiger partial charge in [-0.25, -0.2) is 4.39 Å². The second kappa shape index (κ2) is 8.29. The predicted octanol–water partition coefficient (Wildman–Crippen LogP) is 4.98. The van der Waals surface area contributed by atoms with Gasteiger partial charge in [0.25, 0.3) is 0 Å². The number of rotatable bonds is 5. The molecule has 0 fully saturated rings. The Bertz CT molecular complexity index is 917. The van der Waals surface area contributed by atoms with Gasteiger partial charge in [-0.3, -0.25) is 4.79 Å². The predicted molar refractivity (Wildman–Crippen MR) is 103 cm³/mol. The highest BCUT2D eigenvalue weighted by Gasteiger charge is 2.08. The van der Waals surface area contributed by atoms with Crippen LogP contribution in [-0.4, -0.2) is 21.9 Å². The molecule has 0 aliphatic carbocycles. The normalized spacial score (nSPS) is 10.6. The van der Waals surface area contributed by atoms with Crippen LogP contribution in [0, 0.1) is 12.7 Å². The number of benzene rings is 2. The molecular weight excluding hydrogens is 373 g/mol. The molecule has 0 aliphatic heterocycles. The van der Waals surface area contributed by atoms with E-state index in [0.717, 1.165) is 11.3 Å². The number of nitrogens with zero attached hydrogens (tertiary/aromatic N) is 2. The summed E-state index contributed by atoms with van der Waals surface area (Å²) in [7, 11) is 0. The molecule has 0 bridgehead atoms. The summed E-state index contributed by atoms with van der Waals surface area (Å²) < 4.78 is 13.4. The first kappa shape index (κ1) is 18.4. The van der Waals surface area contributed by atoms with E-state index in [4.69, 9.17) is 11.6 Å². The molecule has 4 nitrogen and oxygen atoms in total. The third kappa shape index (κ3) is 4.80. The van der Waals surface area contributed by atoms with E-state index in [0.29, 0.717) is 10.7 Å². The highest BCUT2D eigenvalue weighted by atomic mass is 35.5. The average molecular weight is 388 g/mol. The number of anilines is 1. The lowest BCUT2D eigenvalue weighted by Crippen LogP contribution is -2.14. The average Bonchev–Trinajstić information content (AvgIpc) is 2.64. The largest absolute Gasteiger partial charge is 0.325 e. The molecule has 0 atom stereocenters. The molecule has 3 rings (SSSR count). The van der Waals surface area contributed by atoms with E-state index in [1.165, 1.54) is 29.5 Å². The molecule has 0 saturated heterocycles. The van der Waals surface area contributed by atoms with Gasteiger partial charge in [0, 0.05) is 11.3 Å².